The Morgan fingerprint density at radius 2 is 2.29 bits per heavy atom. The van der Waals surface area contributed by atoms with Crippen LogP contribution in [0.5, 0.6) is 0 Å². The second kappa shape index (κ2) is 5.80. The van der Waals surface area contributed by atoms with Crippen molar-refractivity contribution in [3.63, 3.8) is 0 Å². The smallest absolute Gasteiger partial charge is 0.262 e. The van der Waals surface area contributed by atoms with Crippen molar-refractivity contribution in [1.82, 2.24) is 9.69 Å². The highest BCUT2D eigenvalue weighted by atomic mass is 35.5. The van der Waals surface area contributed by atoms with Crippen molar-refractivity contribution in [1.29, 1.82) is 0 Å². The highest BCUT2D eigenvalue weighted by Crippen LogP contribution is 2.10. The highest BCUT2D eigenvalue weighted by molar-refractivity contribution is 7.08. The molecule has 88 valence electrons. The molecule has 0 saturated heterocycles. The van der Waals surface area contributed by atoms with E-state index < -0.39 is 0 Å². The minimum absolute atomic E-state index is 0.0745. The van der Waals surface area contributed by atoms with Crippen LogP contribution in [-0.2, 0) is 6.42 Å². The summed E-state index contributed by atoms with van der Waals surface area (Å²) < 4.78 is 3.88. The molecular formula is C12H11ClN2OS. The van der Waals surface area contributed by atoms with Gasteiger partial charge < -0.3 is 5.32 Å². The molecule has 2 rings (SSSR count). The van der Waals surface area contributed by atoms with Gasteiger partial charge in [-0.1, -0.05) is 23.7 Å². The third-order valence-corrected chi connectivity index (χ3v) is 3.23. The van der Waals surface area contributed by atoms with E-state index in [-0.39, 0.29) is 5.91 Å². The van der Waals surface area contributed by atoms with Crippen LogP contribution < -0.4 is 5.32 Å². The molecule has 0 fully saturated rings. The first-order valence-corrected chi connectivity index (χ1v) is 6.34. The lowest BCUT2D eigenvalue weighted by Gasteiger charge is -2.03. The fraction of sp³-hybridized carbons (Fsp3) is 0.167. The first kappa shape index (κ1) is 12.1. The number of benzene rings is 1. The molecule has 3 nitrogen and oxygen atoms in total. The number of hydrogen-bond donors (Lipinski definition) is 1. The third-order valence-electron chi connectivity index (χ3n) is 2.25. The summed E-state index contributed by atoms with van der Waals surface area (Å²) in [6, 6.07) is 9.34. The van der Waals surface area contributed by atoms with E-state index in [0.717, 1.165) is 17.0 Å². The molecule has 2 aromatic rings. The predicted octanol–water partition coefficient (Wildman–Crippen LogP) is 2.77. The Balaban J connectivity index is 1.82. The van der Waals surface area contributed by atoms with Crippen LogP contribution in [0.15, 0.2) is 36.5 Å². The molecule has 1 heterocycles. The van der Waals surface area contributed by atoms with Crippen LogP contribution in [0.3, 0.4) is 0 Å². The SMILES string of the molecule is O=C(NCCc1cccc(Cl)c1)c1ccns1. The van der Waals surface area contributed by atoms with E-state index in [9.17, 15) is 4.79 Å². The summed E-state index contributed by atoms with van der Waals surface area (Å²) in [6.45, 7) is 0.594. The Morgan fingerprint density at radius 3 is 3.00 bits per heavy atom. The maximum absolute atomic E-state index is 11.6. The summed E-state index contributed by atoms with van der Waals surface area (Å²) in [5.74, 6) is -0.0745. The van der Waals surface area contributed by atoms with Gasteiger partial charge in [-0.2, -0.15) is 0 Å². The number of hydrogen-bond acceptors (Lipinski definition) is 3. The van der Waals surface area contributed by atoms with Gasteiger partial charge in [-0.15, -0.1) is 0 Å². The molecule has 1 amide bonds. The van der Waals surface area contributed by atoms with Crippen molar-refractivity contribution in [2.24, 2.45) is 0 Å². The van der Waals surface area contributed by atoms with Gasteiger partial charge in [-0.3, -0.25) is 4.79 Å². The first-order chi connectivity index (χ1) is 8.25. The summed E-state index contributed by atoms with van der Waals surface area (Å²) in [5.41, 5.74) is 1.11. The van der Waals surface area contributed by atoms with Crippen molar-refractivity contribution in [3.8, 4) is 0 Å². The molecule has 0 atom stereocenters. The van der Waals surface area contributed by atoms with Gasteiger partial charge in [-0.05, 0) is 41.7 Å². The van der Waals surface area contributed by atoms with Crippen molar-refractivity contribution >= 4 is 29.0 Å². The molecule has 0 aliphatic carbocycles. The Hall–Kier alpha value is -1.39. The lowest BCUT2D eigenvalue weighted by atomic mass is 10.1. The van der Waals surface area contributed by atoms with Crippen molar-refractivity contribution in [3.05, 3.63) is 52.0 Å². The zero-order valence-electron chi connectivity index (χ0n) is 9.02. The van der Waals surface area contributed by atoms with E-state index in [1.165, 1.54) is 11.5 Å². The third kappa shape index (κ3) is 3.54. The normalized spacial score (nSPS) is 10.2. The van der Waals surface area contributed by atoms with Gasteiger partial charge in [0.1, 0.15) is 4.88 Å². The van der Waals surface area contributed by atoms with Crippen LogP contribution >= 0.6 is 23.1 Å². The van der Waals surface area contributed by atoms with Gasteiger partial charge in [-0.25, -0.2) is 4.37 Å². The van der Waals surface area contributed by atoms with Crippen molar-refractivity contribution in [2.75, 3.05) is 6.54 Å². The van der Waals surface area contributed by atoms with Gasteiger partial charge in [0.05, 0.1) is 0 Å². The molecule has 0 saturated carbocycles. The molecule has 17 heavy (non-hydrogen) atoms. The Bertz CT molecular complexity index is 499. The minimum Gasteiger partial charge on any atom is -0.351 e. The Morgan fingerprint density at radius 1 is 1.41 bits per heavy atom. The summed E-state index contributed by atoms with van der Waals surface area (Å²) >= 11 is 7.07. The van der Waals surface area contributed by atoms with Crippen molar-refractivity contribution < 1.29 is 4.79 Å². The second-order valence-corrected chi connectivity index (χ2v) is 4.78. The molecule has 0 aliphatic rings. The maximum atomic E-state index is 11.6. The Kier molecular flexibility index (Phi) is 4.12. The molecule has 1 aromatic carbocycles. The summed E-state index contributed by atoms with van der Waals surface area (Å²) in [5, 5.41) is 3.56. The number of amides is 1. The van der Waals surface area contributed by atoms with E-state index >= 15 is 0 Å². The molecule has 1 N–H and O–H groups in total. The lowest BCUT2D eigenvalue weighted by molar-refractivity contribution is 0.0958. The summed E-state index contributed by atoms with van der Waals surface area (Å²) in [4.78, 5) is 12.2. The Labute approximate surface area is 109 Å². The van der Waals surface area contributed by atoms with Gasteiger partial charge in [0, 0.05) is 17.8 Å². The molecule has 0 bridgehead atoms. The van der Waals surface area contributed by atoms with Crippen molar-refractivity contribution in [2.45, 2.75) is 6.42 Å². The quantitative estimate of drug-likeness (QED) is 0.925. The van der Waals surface area contributed by atoms with E-state index in [4.69, 9.17) is 11.6 Å². The standard InChI is InChI=1S/C12H11ClN2OS/c13-10-3-1-2-9(8-10)4-6-14-12(16)11-5-7-15-17-11/h1-3,5,7-8H,4,6H2,(H,14,16). The van der Waals surface area contributed by atoms with Crippen LogP contribution in [0.4, 0.5) is 0 Å². The maximum Gasteiger partial charge on any atom is 0.262 e. The lowest BCUT2D eigenvalue weighted by Crippen LogP contribution is -2.24. The molecule has 1 aromatic heterocycles. The number of aromatic nitrogens is 1. The fourth-order valence-corrected chi connectivity index (χ4v) is 2.16. The molecular weight excluding hydrogens is 256 g/mol. The van der Waals surface area contributed by atoms with Gasteiger partial charge >= 0.3 is 0 Å². The highest BCUT2D eigenvalue weighted by Gasteiger charge is 2.05. The van der Waals surface area contributed by atoms with Crippen LogP contribution in [0.1, 0.15) is 15.2 Å². The van der Waals surface area contributed by atoms with Gasteiger partial charge in [0.25, 0.3) is 5.91 Å². The van der Waals surface area contributed by atoms with Gasteiger partial charge in [0.2, 0.25) is 0 Å². The summed E-state index contributed by atoms with van der Waals surface area (Å²) in [7, 11) is 0. The number of rotatable bonds is 4. The fourth-order valence-electron chi connectivity index (χ4n) is 1.43. The van der Waals surface area contributed by atoms with E-state index in [1.54, 1.807) is 12.3 Å². The molecule has 0 radical (unpaired) electrons. The number of carbonyl (C=O) groups excluding carboxylic acids is 1. The zero-order chi connectivity index (χ0) is 12.1. The number of nitrogens with zero attached hydrogens (tertiary/aromatic N) is 1. The zero-order valence-corrected chi connectivity index (χ0v) is 10.6. The topological polar surface area (TPSA) is 42.0 Å². The van der Waals surface area contributed by atoms with E-state index in [0.29, 0.717) is 11.4 Å². The van der Waals surface area contributed by atoms with Crippen LogP contribution in [0.25, 0.3) is 0 Å². The van der Waals surface area contributed by atoms with Crippen LogP contribution in [0.2, 0.25) is 5.02 Å². The van der Waals surface area contributed by atoms with E-state index in [1.807, 2.05) is 24.3 Å². The molecule has 5 heteroatoms. The van der Waals surface area contributed by atoms with Crippen LogP contribution in [0, 0.1) is 0 Å². The van der Waals surface area contributed by atoms with E-state index in [2.05, 4.69) is 9.69 Å². The van der Waals surface area contributed by atoms with Gasteiger partial charge in [0.15, 0.2) is 0 Å². The average molecular weight is 267 g/mol. The summed E-state index contributed by atoms with van der Waals surface area (Å²) in [6.07, 6.45) is 2.39. The first-order valence-electron chi connectivity index (χ1n) is 5.19. The molecule has 0 spiro atoms. The minimum atomic E-state index is -0.0745. The van der Waals surface area contributed by atoms with Crippen LogP contribution in [-0.4, -0.2) is 16.8 Å². The number of nitrogens with one attached hydrogen (secondary N) is 1. The number of carbonyl (C=O) groups is 1. The average Bonchev–Trinajstić information content (AvgIpc) is 2.82. The second-order valence-electron chi connectivity index (χ2n) is 3.51. The largest absolute Gasteiger partial charge is 0.351 e. The monoisotopic (exact) mass is 266 g/mol. The molecule has 0 unspecified atom stereocenters. The number of halogens is 1. The molecule has 0 aliphatic heterocycles. The predicted molar refractivity (Wildman–Crippen MR) is 69.6 cm³/mol.